The molecule has 6 nitrogen and oxygen atoms in total. The molecule has 1 saturated heterocycles. The highest BCUT2D eigenvalue weighted by atomic mass is 16.5. The quantitative estimate of drug-likeness (QED) is 0.627. The first-order valence-electron chi connectivity index (χ1n) is 6.27. The number of hydrogen-bond donors (Lipinski definition) is 1. The first kappa shape index (κ1) is 15.1. The van der Waals surface area contributed by atoms with E-state index in [0.29, 0.717) is 32.8 Å². The SMILES string of the molecule is CCOC(=O)CCC(=O)CN1CCOC(CO)C1. The summed E-state index contributed by atoms with van der Waals surface area (Å²) in [7, 11) is 0. The second-order valence-corrected chi connectivity index (χ2v) is 4.25. The maximum atomic E-state index is 11.7. The van der Waals surface area contributed by atoms with Crippen LogP contribution in [0.5, 0.6) is 0 Å². The van der Waals surface area contributed by atoms with Gasteiger partial charge < -0.3 is 14.6 Å². The largest absolute Gasteiger partial charge is 0.466 e. The third kappa shape index (κ3) is 5.57. The second-order valence-electron chi connectivity index (χ2n) is 4.25. The number of carbonyl (C=O) groups is 2. The van der Waals surface area contributed by atoms with Crippen molar-refractivity contribution in [3.8, 4) is 0 Å². The average molecular weight is 259 g/mol. The molecule has 0 amide bonds. The molecule has 0 aromatic rings. The molecular weight excluding hydrogens is 238 g/mol. The fraction of sp³-hybridized carbons (Fsp3) is 0.833. The van der Waals surface area contributed by atoms with E-state index in [4.69, 9.17) is 14.6 Å². The molecule has 0 bridgehead atoms. The summed E-state index contributed by atoms with van der Waals surface area (Å²) in [5, 5.41) is 8.98. The minimum absolute atomic E-state index is 0.0154. The van der Waals surface area contributed by atoms with E-state index >= 15 is 0 Å². The van der Waals surface area contributed by atoms with Crippen molar-refractivity contribution in [2.45, 2.75) is 25.9 Å². The van der Waals surface area contributed by atoms with Gasteiger partial charge in [-0.25, -0.2) is 0 Å². The number of ketones is 1. The summed E-state index contributed by atoms with van der Waals surface area (Å²) in [6.07, 6.45) is 0.136. The van der Waals surface area contributed by atoms with Crippen molar-refractivity contribution < 1.29 is 24.2 Å². The highest BCUT2D eigenvalue weighted by Gasteiger charge is 2.21. The van der Waals surface area contributed by atoms with Crippen LogP contribution in [-0.2, 0) is 19.1 Å². The van der Waals surface area contributed by atoms with Gasteiger partial charge in [0.15, 0.2) is 0 Å². The Bertz CT molecular complexity index is 282. The Morgan fingerprint density at radius 1 is 1.44 bits per heavy atom. The van der Waals surface area contributed by atoms with Gasteiger partial charge in [-0.2, -0.15) is 0 Å². The number of esters is 1. The maximum Gasteiger partial charge on any atom is 0.306 e. The number of rotatable bonds is 7. The number of hydrogen-bond acceptors (Lipinski definition) is 6. The molecule has 0 aromatic carbocycles. The van der Waals surface area contributed by atoms with E-state index in [-0.39, 0.29) is 37.3 Å². The lowest BCUT2D eigenvalue weighted by Gasteiger charge is -2.31. The predicted molar refractivity (Wildman–Crippen MR) is 64.1 cm³/mol. The van der Waals surface area contributed by atoms with Crippen LogP contribution < -0.4 is 0 Å². The van der Waals surface area contributed by atoms with Crippen LogP contribution >= 0.6 is 0 Å². The van der Waals surface area contributed by atoms with Crippen molar-refractivity contribution in [2.24, 2.45) is 0 Å². The van der Waals surface area contributed by atoms with Crippen molar-refractivity contribution in [1.29, 1.82) is 0 Å². The number of morpholine rings is 1. The van der Waals surface area contributed by atoms with Crippen LogP contribution in [0.1, 0.15) is 19.8 Å². The van der Waals surface area contributed by atoms with Gasteiger partial charge in [0.05, 0.1) is 38.9 Å². The van der Waals surface area contributed by atoms with Gasteiger partial charge in [0, 0.05) is 19.5 Å². The summed E-state index contributed by atoms with van der Waals surface area (Å²) < 4.78 is 10.1. The number of nitrogens with zero attached hydrogens (tertiary/aromatic N) is 1. The molecule has 0 aromatic heterocycles. The molecule has 1 aliphatic rings. The van der Waals surface area contributed by atoms with Crippen molar-refractivity contribution in [2.75, 3.05) is 39.5 Å². The first-order chi connectivity index (χ1) is 8.65. The molecule has 1 heterocycles. The van der Waals surface area contributed by atoms with E-state index in [1.165, 1.54) is 0 Å². The van der Waals surface area contributed by atoms with Gasteiger partial charge in [0.1, 0.15) is 5.78 Å². The van der Waals surface area contributed by atoms with Gasteiger partial charge in [-0.1, -0.05) is 0 Å². The minimum Gasteiger partial charge on any atom is -0.466 e. The highest BCUT2D eigenvalue weighted by molar-refractivity contribution is 5.84. The van der Waals surface area contributed by atoms with Gasteiger partial charge in [0.25, 0.3) is 0 Å². The fourth-order valence-electron chi connectivity index (χ4n) is 1.84. The van der Waals surface area contributed by atoms with E-state index < -0.39 is 0 Å². The van der Waals surface area contributed by atoms with Crippen LogP contribution in [0.25, 0.3) is 0 Å². The first-order valence-corrected chi connectivity index (χ1v) is 6.27. The summed E-state index contributed by atoms with van der Waals surface area (Å²) in [5.74, 6) is -0.317. The van der Waals surface area contributed by atoms with Crippen LogP contribution in [0.4, 0.5) is 0 Å². The molecule has 6 heteroatoms. The zero-order chi connectivity index (χ0) is 13.4. The smallest absolute Gasteiger partial charge is 0.306 e. The lowest BCUT2D eigenvalue weighted by molar-refractivity contribution is -0.144. The number of ether oxygens (including phenoxy) is 2. The third-order valence-electron chi connectivity index (χ3n) is 2.74. The topological polar surface area (TPSA) is 76.1 Å². The molecule has 1 rings (SSSR count). The van der Waals surface area contributed by atoms with Gasteiger partial charge in [0.2, 0.25) is 0 Å². The molecule has 18 heavy (non-hydrogen) atoms. The van der Waals surface area contributed by atoms with Crippen LogP contribution in [0, 0.1) is 0 Å². The summed E-state index contributed by atoms with van der Waals surface area (Å²) >= 11 is 0. The Labute approximate surface area is 107 Å². The Morgan fingerprint density at radius 2 is 2.22 bits per heavy atom. The lowest BCUT2D eigenvalue weighted by Crippen LogP contribution is -2.46. The molecule has 0 radical (unpaired) electrons. The fourth-order valence-corrected chi connectivity index (χ4v) is 1.84. The molecule has 1 fully saturated rings. The van der Waals surface area contributed by atoms with Crippen LogP contribution in [-0.4, -0.2) is 67.3 Å². The van der Waals surface area contributed by atoms with Crippen molar-refractivity contribution >= 4 is 11.8 Å². The summed E-state index contributed by atoms with van der Waals surface area (Å²) in [6.45, 7) is 4.11. The third-order valence-corrected chi connectivity index (χ3v) is 2.74. The average Bonchev–Trinajstić information content (AvgIpc) is 2.37. The number of carbonyl (C=O) groups excluding carboxylic acids is 2. The van der Waals surface area contributed by atoms with Crippen molar-refractivity contribution in [1.82, 2.24) is 4.90 Å². The predicted octanol–water partition coefficient (Wildman–Crippen LogP) is -0.408. The summed E-state index contributed by atoms with van der Waals surface area (Å²) in [4.78, 5) is 24.7. The van der Waals surface area contributed by atoms with E-state index in [9.17, 15) is 9.59 Å². The molecule has 1 atom stereocenters. The van der Waals surface area contributed by atoms with Crippen LogP contribution in [0.2, 0.25) is 0 Å². The Morgan fingerprint density at radius 3 is 2.89 bits per heavy atom. The molecule has 1 unspecified atom stereocenters. The van der Waals surface area contributed by atoms with Crippen LogP contribution in [0.15, 0.2) is 0 Å². The van der Waals surface area contributed by atoms with Gasteiger partial charge in [-0.3, -0.25) is 14.5 Å². The normalized spacial score (nSPS) is 20.7. The summed E-state index contributed by atoms with van der Waals surface area (Å²) in [6, 6.07) is 0. The number of aliphatic hydroxyl groups is 1. The monoisotopic (exact) mass is 259 g/mol. The Kier molecular flexibility index (Phi) is 6.85. The minimum atomic E-state index is -0.332. The number of Topliss-reactive ketones (excluding diaryl/α,β-unsaturated/α-hetero) is 1. The Hall–Kier alpha value is -0.980. The highest BCUT2D eigenvalue weighted by Crippen LogP contribution is 2.05. The molecule has 0 spiro atoms. The molecule has 104 valence electrons. The van der Waals surface area contributed by atoms with E-state index in [1.807, 2.05) is 4.90 Å². The van der Waals surface area contributed by atoms with Gasteiger partial charge in [-0.05, 0) is 6.92 Å². The number of aliphatic hydroxyl groups excluding tert-OH is 1. The van der Waals surface area contributed by atoms with Gasteiger partial charge >= 0.3 is 5.97 Å². The van der Waals surface area contributed by atoms with E-state index in [0.717, 1.165) is 0 Å². The van der Waals surface area contributed by atoms with Crippen LogP contribution in [0.3, 0.4) is 0 Å². The van der Waals surface area contributed by atoms with E-state index in [2.05, 4.69) is 0 Å². The van der Waals surface area contributed by atoms with Gasteiger partial charge in [-0.15, -0.1) is 0 Å². The maximum absolute atomic E-state index is 11.7. The molecule has 0 aliphatic carbocycles. The second kappa shape index (κ2) is 8.18. The molecular formula is C12H21NO5. The summed E-state index contributed by atoms with van der Waals surface area (Å²) in [5.41, 5.74) is 0. The Balaban J connectivity index is 2.21. The standard InChI is InChI=1S/C12H21NO5/c1-2-17-12(16)4-3-10(15)7-13-5-6-18-11(8-13)9-14/h11,14H,2-9H2,1H3. The molecule has 1 N–H and O–H groups in total. The zero-order valence-electron chi connectivity index (χ0n) is 10.8. The lowest BCUT2D eigenvalue weighted by atomic mass is 10.2. The molecule has 1 aliphatic heterocycles. The molecule has 0 saturated carbocycles. The van der Waals surface area contributed by atoms with Crippen molar-refractivity contribution in [3.63, 3.8) is 0 Å². The van der Waals surface area contributed by atoms with Crippen molar-refractivity contribution in [3.05, 3.63) is 0 Å². The zero-order valence-corrected chi connectivity index (χ0v) is 10.8. The van der Waals surface area contributed by atoms with E-state index in [1.54, 1.807) is 6.92 Å².